The van der Waals surface area contributed by atoms with Crippen molar-refractivity contribution in [2.45, 2.75) is 0 Å². The summed E-state index contributed by atoms with van der Waals surface area (Å²) in [5.41, 5.74) is 2.30. The number of fused-ring (bicyclic) bond motifs is 2. The van der Waals surface area contributed by atoms with Crippen molar-refractivity contribution >= 4 is 45.3 Å². The number of hydrogen-bond acceptors (Lipinski definition) is 3. The highest BCUT2D eigenvalue weighted by Crippen LogP contribution is 2.22. The van der Waals surface area contributed by atoms with Crippen LogP contribution < -0.4 is 5.32 Å². The number of carboxylic acid groups (broad SMARTS) is 2. The highest BCUT2D eigenvalue weighted by atomic mass is 16.4. The van der Waals surface area contributed by atoms with Gasteiger partial charge in [-0.3, -0.25) is 4.79 Å². The molecule has 4 rings (SSSR count). The Balaban J connectivity index is 1.61. The Morgan fingerprint density at radius 2 is 1.37 bits per heavy atom. The predicted octanol–water partition coefficient (Wildman–Crippen LogP) is 3.30. The fourth-order valence-electron chi connectivity index (χ4n) is 2.91. The molecule has 8 nitrogen and oxygen atoms in total. The third-order valence-corrected chi connectivity index (χ3v) is 4.22. The molecule has 0 saturated heterocycles. The zero-order valence-corrected chi connectivity index (χ0v) is 13.7. The van der Waals surface area contributed by atoms with Crippen molar-refractivity contribution < 1.29 is 24.6 Å². The Morgan fingerprint density at radius 3 is 2.07 bits per heavy atom. The molecule has 0 unspecified atom stereocenters. The Morgan fingerprint density at radius 1 is 0.741 bits per heavy atom. The average molecular weight is 363 g/mol. The van der Waals surface area contributed by atoms with E-state index in [0.29, 0.717) is 27.5 Å². The molecule has 0 atom stereocenters. The number of amides is 1. The van der Waals surface area contributed by atoms with Gasteiger partial charge < -0.3 is 25.5 Å². The van der Waals surface area contributed by atoms with Gasteiger partial charge in [0.25, 0.3) is 5.91 Å². The first-order chi connectivity index (χ1) is 12.9. The molecule has 0 radical (unpaired) electrons. The average Bonchev–Trinajstić information content (AvgIpc) is 3.24. The molecule has 2 heterocycles. The topological polar surface area (TPSA) is 135 Å². The lowest BCUT2D eigenvalue weighted by molar-refractivity contribution is 0.0683. The van der Waals surface area contributed by atoms with Crippen LogP contribution in [0.15, 0.2) is 48.5 Å². The molecule has 4 aromatic rings. The summed E-state index contributed by atoms with van der Waals surface area (Å²) in [5.74, 6) is -2.49. The Bertz CT molecular complexity index is 1230. The number of anilines is 1. The number of carbonyl (C=O) groups is 3. The van der Waals surface area contributed by atoms with Gasteiger partial charge in [-0.05, 0) is 48.5 Å². The summed E-state index contributed by atoms with van der Waals surface area (Å²) in [4.78, 5) is 40.3. The molecule has 0 aliphatic rings. The van der Waals surface area contributed by atoms with Crippen LogP contribution in [0.5, 0.6) is 0 Å². The van der Waals surface area contributed by atoms with E-state index in [1.54, 1.807) is 30.3 Å². The van der Waals surface area contributed by atoms with Crippen molar-refractivity contribution in [2.75, 3.05) is 5.32 Å². The SMILES string of the molecule is O=C(O)c1ccc2[nH]c(C(=O)Nc3ccc4[nH]c(C(=O)O)cc4c3)cc2c1. The van der Waals surface area contributed by atoms with Gasteiger partial charge in [-0.2, -0.15) is 0 Å². The monoisotopic (exact) mass is 363 g/mol. The maximum absolute atomic E-state index is 12.5. The maximum atomic E-state index is 12.5. The normalized spacial score (nSPS) is 11.0. The number of benzene rings is 2. The molecular formula is C19H13N3O5. The minimum atomic E-state index is -1.06. The molecule has 0 saturated carbocycles. The van der Waals surface area contributed by atoms with Gasteiger partial charge in [0.2, 0.25) is 0 Å². The number of aromatic carboxylic acids is 2. The third-order valence-electron chi connectivity index (χ3n) is 4.22. The number of aromatic nitrogens is 2. The number of H-pyrrole nitrogens is 2. The Hall–Kier alpha value is -4.07. The van der Waals surface area contributed by atoms with Crippen LogP contribution in [0.1, 0.15) is 31.3 Å². The van der Waals surface area contributed by atoms with Crippen molar-refractivity contribution in [3.63, 3.8) is 0 Å². The van der Waals surface area contributed by atoms with Gasteiger partial charge >= 0.3 is 11.9 Å². The lowest BCUT2D eigenvalue weighted by atomic mass is 10.1. The van der Waals surface area contributed by atoms with Crippen LogP contribution in [0.2, 0.25) is 0 Å². The molecular weight excluding hydrogens is 350 g/mol. The van der Waals surface area contributed by atoms with Crippen LogP contribution in [0.25, 0.3) is 21.8 Å². The molecule has 5 N–H and O–H groups in total. The number of rotatable bonds is 4. The first-order valence-electron chi connectivity index (χ1n) is 7.94. The molecule has 0 fully saturated rings. The molecule has 2 aromatic carbocycles. The van der Waals surface area contributed by atoms with Crippen LogP contribution in [-0.4, -0.2) is 38.0 Å². The van der Waals surface area contributed by atoms with E-state index in [2.05, 4.69) is 15.3 Å². The summed E-state index contributed by atoms with van der Waals surface area (Å²) in [6.07, 6.45) is 0. The van der Waals surface area contributed by atoms with E-state index in [0.717, 1.165) is 0 Å². The van der Waals surface area contributed by atoms with Gasteiger partial charge in [-0.15, -0.1) is 0 Å². The van der Waals surface area contributed by atoms with Gasteiger partial charge in [-0.1, -0.05) is 0 Å². The molecule has 0 aliphatic carbocycles. The van der Waals surface area contributed by atoms with Crippen LogP contribution in [0, 0.1) is 0 Å². The molecule has 2 aromatic heterocycles. The number of aromatic amines is 2. The quantitative estimate of drug-likeness (QED) is 0.379. The summed E-state index contributed by atoms with van der Waals surface area (Å²) in [6, 6.07) is 12.6. The second-order valence-corrected chi connectivity index (χ2v) is 6.03. The minimum Gasteiger partial charge on any atom is -0.478 e. The van der Waals surface area contributed by atoms with Gasteiger partial charge in [0, 0.05) is 27.5 Å². The zero-order valence-electron chi connectivity index (χ0n) is 13.7. The largest absolute Gasteiger partial charge is 0.478 e. The Labute approximate surface area is 151 Å². The van der Waals surface area contributed by atoms with Gasteiger partial charge in [-0.25, -0.2) is 9.59 Å². The molecule has 27 heavy (non-hydrogen) atoms. The summed E-state index contributed by atoms with van der Waals surface area (Å²) in [5, 5.41) is 22.1. The molecule has 0 bridgehead atoms. The van der Waals surface area contributed by atoms with Crippen LogP contribution in [0.4, 0.5) is 5.69 Å². The summed E-state index contributed by atoms with van der Waals surface area (Å²) in [7, 11) is 0. The lowest BCUT2D eigenvalue weighted by Gasteiger charge is -2.03. The van der Waals surface area contributed by atoms with Crippen molar-refractivity contribution in [3.8, 4) is 0 Å². The first kappa shape index (κ1) is 16.4. The smallest absolute Gasteiger partial charge is 0.352 e. The second-order valence-electron chi connectivity index (χ2n) is 6.03. The van der Waals surface area contributed by atoms with Crippen molar-refractivity contribution in [3.05, 3.63) is 65.5 Å². The molecule has 134 valence electrons. The number of carbonyl (C=O) groups excluding carboxylic acids is 1. The van der Waals surface area contributed by atoms with E-state index in [1.807, 2.05) is 0 Å². The van der Waals surface area contributed by atoms with Crippen molar-refractivity contribution in [2.24, 2.45) is 0 Å². The predicted molar refractivity (Wildman–Crippen MR) is 98.5 cm³/mol. The van der Waals surface area contributed by atoms with E-state index >= 15 is 0 Å². The minimum absolute atomic E-state index is 0.0679. The van der Waals surface area contributed by atoms with Gasteiger partial charge in [0.1, 0.15) is 11.4 Å². The fourth-order valence-corrected chi connectivity index (χ4v) is 2.91. The summed E-state index contributed by atoms with van der Waals surface area (Å²) in [6.45, 7) is 0. The number of hydrogen-bond donors (Lipinski definition) is 5. The van der Waals surface area contributed by atoms with E-state index < -0.39 is 17.8 Å². The summed E-state index contributed by atoms with van der Waals surface area (Å²) < 4.78 is 0. The summed E-state index contributed by atoms with van der Waals surface area (Å²) >= 11 is 0. The molecule has 1 amide bonds. The van der Waals surface area contributed by atoms with E-state index in [-0.39, 0.29) is 17.0 Å². The highest BCUT2D eigenvalue weighted by Gasteiger charge is 2.13. The Kier molecular flexibility index (Phi) is 3.66. The van der Waals surface area contributed by atoms with Crippen LogP contribution in [0.3, 0.4) is 0 Å². The van der Waals surface area contributed by atoms with Crippen LogP contribution >= 0.6 is 0 Å². The lowest BCUT2D eigenvalue weighted by Crippen LogP contribution is -2.11. The zero-order chi connectivity index (χ0) is 19.1. The third kappa shape index (κ3) is 2.99. The molecule has 8 heteroatoms. The van der Waals surface area contributed by atoms with E-state index in [4.69, 9.17) is 10.2 Å². The van der Waals surface area contributed by atoms with Crippen molar-refractivity contribution in [1.82, 2.24) is 9.97 Å². The maximum Gasteiger partial charge on any atom is 0.352 e. The fraction of sp³-hybridized carbons (Fsp3) is 0. The van der Waals surface area contributed by atoms with E-state index in [1.165, 1.54) is 18.2 Å². The van der Waals surface area contributed by atoms with E-state index in [9.17, 15) is 14.4 Å². The van der Waals surface area contributed by atoms with Crippen molar-refractivity contribution in [1.29, 1.82) is 0 Å². The van der Waals surface area contributed by atoms with Crippen LogP contribution in [-0.2, 0) is 0 Å². The molecule has 0 aliphatic heterocycles. The van der Waals surface area contributed by atoms with Gasteiger partial charge in [0.15, 0.2) is 0 Å². The second kappa shape index (κ2) is 6.03. The standard InChI is InChI=1S/C19H13N3O5/c23-17(15-7-10-5-9(18(24)25)1-3-13(10)21-15)20-12-2-4-14-11(6-12)8-16(22-14)19(26)27/h1-8,21-22H,(H,20,23)(H,24,25)(H,26,27). The van der Waals surface area contributed by atoms with Gasteiger partial charge in [0.05, 0.1) is 5.56 Å². The molecule has 0 spiro atoms. The highest BCUT2D eigenvalue weighted by molar-refractivity contribution is 6.07. The number of carboxylic acids is 2. The number of nitrogens with one attached hydrogen (secondary N) is 3. The first-order valence-corrected chi connectivity index (χ1v) is 7.94.